The van der Waals surface area contributed by atoms with Crippen LogP contribution in [0.5, 0.6) is 5.75 Å². The Labute approximate surface area is 212 Å². The van der Waals surface area contributed by atoms with E-state index >= 15 is 0 Å². The molecule has 4 rings (SSSR count). The van der Waals surface area contributed by atoms with E-state index in [-0.39, 0.29) is 53.8 Å². The van der Waals surface area contributed by atoms with E-state index in [1.54, 1.807) is 11.9 Å². The van der Waals surface area contributed by atoms with E-state index < -0.39 is 23.8 Å². The number of halogens is 3. The van der Waals surface area contributed by atoms with Crippen molar-refractivity contribution in [2.45, 2.75) is 50.6 Å². The maximum absolute atomic E-state index is 13.3. The Morgan fingerprint density at radius 2 is 1.92 bits per heavy atom. The lowest BCUT2D eigenvalue weighted by atomic mass is 9.94. The summed E-state index contributed by atoms with van der Waals surface area (Å²) in [6.07, 6.45) is -3.80. The second kappa shape index (κ2) is 10.8. The van der Waals surface area contributed by atoms with E-state index in [2.05, 4.69) is 10.6 Å². The zero-order chi connectivity index (χ0) is 26.7. The predicted molar refractivity (Wildman–Crippen MR) is 128 cm³/mol. The summed E-state index contributed by atoms with van der Waals surface area (Å²) < 4.78 is 51.1. The Morgan fingerprint density at radius 3 is 2.65 bits per heavy atom. The fraction of sp³-hybridized carbons (Fsp3) is 0.423. The molecule has 0 aliphatic carbocycles. The lowest BCUT2D eigenvalue weighted by Crippen LogP contribution is -2.54. The van der Waals surface area contributed by atoms with E-state index in [1.807, 2.05) is 6.92 Å². The molecule has 1 fully saturated rings. The lowest BCUT2D eigenvalue weighted by molar-refractivity contribution is -0.137. The standard InChI is InChI=1S/C26H28F3N3O5/c1-3-30-23(33)13-18-8-9-20-22(37-18)14-36-21-10-7-17(12-19(21)25(35)32(20)2)31-24(34)15-5-4-6-16(11-15)26(27,28)29/h4-7,10-12,18,20,22H,3,8-9,13-14H2,1-2H3,(H,30,33)(H,31,34)/t18-,20-,22+/m0/s1. The molecule has 2 aliphatic rings. The van der Waals surface area contributed by atoms with Crippen molar-refractivity contribution in [3.8, 4) is 5.75 Å². The number of benzene rings is 2. The number of anilines is 1. The van der Waals surface area contributed by atoms with Gasteiger partial charge in [0.25, 0.3) is 11.8 Å². The molecule has 198 valence electrons. The molecule has 2 N–H and O–H groups in total. The molecule has 2 aliphatic heterocycles. The van der Waals surface area contributed by atoms with Crippen molar-refractivity contribution in [3.05, 3.63) is 59.2 Å². The van der Waals surface area contributed by atoms with Gasteiger partial charge in [-0.1, -0.05) is 6.07 Å². The molecule has 8 nitrogen and oxygen atoms in total. The number of ether oxygens (including phenoxy) is 2. The smallest absolute Gasteiger partial charge is 0.416 e. The van der Waals surface area contributed by atoms with Crippen molar-refractivity contribution < 1.29 is 37.0 Å². The summed E-state index contributed by atoms with van der Waals surface area (Å²) in [5.74, 6) is -0.878. The van der Waals surface area contributed by atoms with Crippen LogP contribution < -0.4 is 15.4 Å². The molecule has 0 radical (unpaired) electrons. The van der Waals surface area contributed by atoms with Crippen LogP contribution in [0.15, 0.2) is 42.5 Å². The van der Waals surface area contributed by atoms with E-state index in [4.69, 9.17) is 9.47 Å². The number of nitrogens with one attached hydrogen (secondary N) is 2. The molecule has 0 unspecified atom stereocenters. The van der Waals surface area contributed by atoms with E-state index in [0.717, 1.165) is 18.2 Å². The number of nitrogens with zero attached hydrogens (tertiary/aromatic N) is 1. The van der Waals surface area contributed by atoms with Crippen molar-refractivity contribution in [3.63, 3.8) is 0 Å². The third kappa shape index (κ3) is 6.04. The first-order valence-electron chi connectivity index (χ1n) is 12.0. The number of hydrogen-bond donors (Lipinski definition) is 2. The number of carbonyl (C=O) groups is 3. The first-order valence-corrected chi connectivity index (χ1v) is 12.0. The zero-order valence-corrected chi connectivity index (χ0v) is 20.4. The largest absolute Gasteiger partial charge is 0.490 e. The molecule has 2 aromatic carbocycles. The van der Waals surface area contributed by atoms with Crippen LogP contribution in [0.25, 0.3) is 0 Å². The highest BCUT2D eigenvalue weighted by atomic mass is 19.4. The van der Waals surface area contributed by atoms with Crippen LogP contribution in [-0.4, -0.2) is 61.1 Å². The third-order valence-corrected chi connectivity index (χ3v) is 6.51. The number of carbonyl (C=O) groups excluding carboxylic acids is 3. The summed E-state index contributed by atoms with van der Waals surface area (Å²) in [6, 6.07) is 8.31. The van der Waals surface area contributed by atoms with Gasteiger partial charge in [0.15, 0.2) is 0 Å². The second-order valence-corrected chi connectivity index (χ2v) is 9.07. The van der Waals surface area contributed by atoms with Gasteiger partial charge in [0.2, 0.25) is 5.91 Å². The van der Waals surface area contributed by atoms with Crippen molar-refractivity contribution in [1.82, 2.24) is 10.2 Å². The minimum Gasteiger partial charge on any atom is -0.490 e. The highest BCUT2D eigenvalue weighted by Crippen LogP contribution is 2.33. The summed E-state index contributed by atoms with van der Waals surface area (Å²) in [6.45, 7) is 2.55. The Bertz CT molecular complexity index is 1190. The van der Waals surface area contributed by atoms with Crippen LogP contribution in [0.3, 0.4) is 0 Å². The van der Waals surface area contributed by atoms with E-state index in [9.17, 15) is 27.6 Å². The fourth-order valence-corrected chi connectivity index (χ4v) is 4.62. The molecule has 0 bridgehead atoms. The first-order chi connectivity index (χ1) is 17.6. The predicted octanol–water partition coefficient (Wildman–Crippen LogP) is 3.86. The Hall–Kier alpha value is -3.60. The summed E-state index contributed by atoms with van der Waals surface area (Å²) in [7, 11) is 1.66. The minimum atomic E-state index is -4.57. The Kier molecular flexibility index (Phi) is 7.72. The zero-order valence-electron chi connectivity index (χ0n) is 20.4. The van der Waals surface area contributed by atoms with Gasteiger partial charge in [-0.3, -0.25) is 14.4 Å². The molecular weight excluding hydrogens is 491 g/mol. The Balaban J connectivity index is 1.49. The maximum atomic E-state index is 13.3. The average Bonchev–Trinajstić information content (AvgIpc) is 2.86. The van der Waals surface area contributed by atoms with Crippen molar-refractivity contribution in [2.24, 2.45) is 0 Å². The van der Waals surface area contributed by atoms with Gasteiger partial charge in [-0.15, -0.1) is 0 Å². The van der Waals surface area contributed by atoms with Crippen molar-refractivity contribution >= 4 is 23.4 Å². The normalized spacial score (nSPS) is 21.6. The van der Waals surface area contributed by atoms with E-state index in [0.29, 0.717) is 25.1 Å². The molecule has 0 spiro atoms. The van der Waals surface area contributed by atoms with Gasteiger partial charge in [-0.2, -0.15) is 13.2 Å². The van der Waals surface area contributed by atoms with Crippen LogP contribution in [0.1, 0.15) is 52.5 Å². The molecule has 2 heterocycles. The third-order valence-electron chi connectivity index (χ3n) is 6.51. The summed E-state index contributed by atoms with van der Waals surface area (Å²) in [5.41, 5.74) is -0.635. The van der Waals surface area contributed by atoms with Crippen molar-refractivity contribution in [2.75, 3.05) is 25.5 Å². The summed E-state index contributed by atoms with van der Waals surface area (Å²) in [4.78, 5) is 39.5. The topological polar surface area (TPSA) is 97.0 Å². The molecule has 3 amide bonds. The molecule has 2 aromatic rings. The van der Waals surface area contributed by atoms with Gasteiger partial charge in [0.05, 0.1) is 29.7 Å². The van der Waals surface area contributed by atoms with Crippen LogP contribution in [0.2, 0.25) is 0 Å². The molecule has 3 atom stereocenters. The van der Waals surface area contributed by atoms with Gasteiger partial charge in [-0.05, 0) is 56.2 Å². The molecule has 0 aromatic heterocycles. The molecule has 1 saturated heterocycles. The van der Waals surface area contributed by atoms with Gasteiger partial charge < -0.3 is 25.0 Å². The summed E-state index contributed by atoms with van der Waals surface area (Å²) in [5, 5.41) is 5.31. The lowest BCUT2D eigenvalue weighted by Gasteiger charge is -2.42. The van der Waals surface area contributed by atoms with Crippen LogP contribution >= 0.6 is 0 Å². The Morgan fingerprint density at radius 1 is 1.14 bits per heavy atom. The SMILES string of the molecule is CCNC(=O)C[C@@H]1CC[C@H]2[C@@H](COc3ccc(NC(=O)c4cccc(C(F)(F)F)c4)cc3C(=O)N2C)O1. The maximum Gasteiger partial charge on any atom is 0.416 e. The minimum absolute atomic E-state index is 0.0906. The molecular formula is C26H28F3N3O5. The number of hydrogen-bond acceptors (Lipinski definition) is 5. The highest BCUT2D eigenvalue weighted by molar-refractivity contribution is 6.05. The monoisotopic (exact) mass is 519 g/mol. The van der Waals surface area contributed by atoms with Gasteiger partial charge in [-0.25, -0.2) is 0 Å². The van der Waals surface area contributed by atoms with Gasteiger partial charge in [0.1, 0.15) is 18.5 Å². The number of amides is 3. The molecule has 11 heteroatoms. The van der Waals surface area contributed by atoms with E-state index in [1.165, 1.54) is 24.3 Å². The van der Waals surface area contributed by atoms with Gasteiger partial charge >= 0.3 is 6.18 Å². The van der Waals surface area contributed by atoms with Crippen LogP contribution in [0, 0.1) is 0 Å². The number of fused-ring (bicyclic) bond motifs is 2. The average molecular weight is 520 g/mol. The number of alkyl halides is 3. The molecule has 0 saturated carbocycles. The fourth-order valence-electron chi connectivity index (χ4n) is 4.62. The molecule has 37 heavy (non-hydrogen) atoms. The van der Waals surface area contributed by atoms with Crippen LogP contribution in [-0.2, 0) is 15.7 Å². The number of likely N-dealkylation sites (N-methyl/N-ethyl adjacent to an activating group) is 1. The first kappa shape index (κ1) is 26.5. The highest BCUT2D eigenvalue weighted by Gasteiger charge is 2.39. The van der Waals surface area contributed by atoms with Gasteiger partial charge in [0, 0.05) is 24.8 Å². The van der Waals surface area contributed by atoms with Crippen molar-refractivity contribution in [1.29, 1.82) is 0 Å². The quantitative estimate of drug-likeness (QED) is 0.626. The second-order valence-electron chi connectivity index (χ2n) is 9.07. The summed E-state index contributed by atoms with van der Waals surface area (Å²) >= 11 is 0. The van der Waals surface area contributed by atoms with Crippen LogP contribution in [0.4, 0.5) is 18.9 Å². The number of rotatable bonds is 5.